The Balaban J connectivity index is 1.91. The first kappa shape index (κ1) is 16.3. The molecule has 0 bridgehead atoms. The Kier molecular flexibility index (Phi) is 7.37. The van der Waals surface area contributed by atoms with Crippen LogP contribution in [0, 0.1) is 0 Å². The Labute approximate surface area is 126 Å². The second kappa shape index (κ2) is 9.04. The van der Waals surface area contributed by atoms with Crippen molar-refractivity contribution in [3.8, 4) is 0 Å². The fraction of sp³-hybridized carbons (Fsp3) is 1.00. The van der Waals surface area contributed by atoms with E-state index in [9.17, 15) is 0 Å². The van der Waals surface area contributed by atoms with E-state index in [0.717, 1.165) is 18.6 Å². The molecule has 2 heteroatoms. The molecule has 118 valence electrons. The lowest BCUT2D eigenvalue weighted by molar-refractivity contribution is 0.0734. The molecule has 0 aromatic carbocycles. The summed E-state index contributed by atoms with van der Waals surface area (Å²) in [6.45, 7) is 3.43. The minimum absolute atomic E-state index is 0.402. The van der Waals surface area contributed by atoms with Crippen molar-refractivity contribution < 1.29 is 0 Å². The van der Waals surface area contributed by atoms with Gasteiger partial charge in [-0.1, -0.05) is 58.3 Å². The van der Waals surface area contributed by atoms with Gasteiger partial charge in [-0.05, 0) is 32.1 Å². The number of nitrogens with zero attached hydrogens (tertiary/aromatic N) is 1. The number of nitrogens with two attached hydrogens (primary N) is 1. The summed E-state index contributed by atoms with van der Waals surface area (Å²) in [5.41, 5.74) is 6.43. The fourth-order valence-electron chi connectivity index (χ4n) is 4.25. The zero-order valence-electron chi connectivity index (χ0n) is 13.7. The molecule has 2 N–H and O–H groups in total. The van der Waals surface area contributed by atoms with Crippen LogP contribution in [-0.4, -0.2) is 29.6 Å². The maximum atomic E-state index is 6.43. The molecule has 0 radical (unpaired) electrons. The van der Waals surface area contributed by atoms with E-state index in [1.807, 2.05) is 0 Å². The maximum Gasteiger partial charge on any atom is 0.0168 e. The van der Waals surface area contributed by atoms with Gasteiger partial charge in [-0.2, -0.15) is 0 Å². The molecule has 2 saturated carbocycles. The third-order valence-electron chi connectivity index (χ3n) is 5.46. The van der Waals surface area contributed by atoms with Crippen molar-refractivity contribution in [1.82, 2.24) is 4.90 Å². The second-order valence-electron chi connectivity index (χ2n) is 7.18. The molecule has 0 saturated heterocycles. The van der Waals surface area contributed by atoms with E-state index in [0.29, 0.717) is 6.04 Å². The highest BCUT2D eigenvalue weighted by Gasteiger charge is 2.29. The average molecular weight is 280 g/mol. The molecule has 1 unspecified atom stereocenters. The zero-order valence-corrected chi connectivity index (χ0v) is 13.7. The van der Waals surface area contributed by atoms with Crippen LogP contribution in [0.25, 0.3) is 0 Å². The highest BCUT2D eigenvalue weighted by Crippen LogP contribution is 2.30. The molecule has 2 aliphatic carbocycles. The van der Waals surface area contributed by atoms with E-state index in [4.69, 9.17) is 5.73 Å². The van der Waals surface area contributed by atoms with Gasteiger partial charge in [0, 0.05) is 24.7 Å². The second-order valence-corrected chi connectivity index (χ2v) is 7.18. The Morgan fingerprint density at radius 3 is 1.85 bits per heavy atom. The fourth-order valence-corrected chi connectivity index (χ4v) is 4.25. The molecule has 20 heavy (non-hydrogen) atoms. The predicted molar refractivity (Wildman–Crippen MR) is 88.0 cm³/mol. The molecule has 2 fully saturated rings. The van der Waals surface area contributed by atoms with Gasteiger partial charge < -0.3 is 5.73 Å². The number of hydrogen-bond donors (Lipinski definition) is 1. The predicted octanol–water partition coefficient (Wildman–Crippen LogP) is 4.47. The number of unbranched alkanes of at least 4 members (excludes halogenated alkanes) is 1. The van der Waals surface area contributed by atoms with Crippen LogP contribution in [-0.2, 0) is 0 Å². The number of hydrogen-bond acceptors (Lipinski definition) is 2. The molecule has 0 amide bonds. The Morgan fingerprint density at radius 2 is 1.40 bits per heavy atom. The molecular formula is C18H36N2. The van der Waals surface area contributed by atoms with Crippen molar-refractivity contribution in [2.75, 3.05) is 6.54 Å². The van der Waals surface area contributed by atoms with Crippen molar-refractivity contribution in [2.24, 2.45) is 5.73 Å². The molecule has 1 atom stereocenters. The van der Waals surface area contributed by atoms with Crippen molar-refractivity contribution >= 4 is 0 Å². The minimum atomic E-state index is 0.402. The van der Waals surface area contributed by atoms with Crippen molar-refractivity contribution in [1.29, 1.82) is 0 Å². The standard InChI is InChI=1S/C18H36N2/c1-2-3-10-16(19)15-20(17-11-6-4-7-12-17)18-13-8-5-9-14-18/h16-18H,2-15,19H2,1H3. The van der Waals surface area contributed by atoms with E-state index < -0.39 is 0 Å². The zero-order chi connectivity index (χ0) is 14.2. The Bertz CT molecular complexity index is 224. The molecule has 0 aliphatic heterocycles. The first-order valence-electron chi connectivity index (χ1n) is 9.32. The van der Waals surface area contributed by atoms with E-state index in [2.05, 4.69) is 11.8 Å². The third-order valence-corrected chi connectivity index (χ3v) is 5.46. The monoisotopic (exact) mass is 280 g/mol. The van der Waals surface area contributed by atoms with Crippen LogP contribution in [0.5, 0.6) is 0 Å². The van der Waals surface area contributed by atoms with Gasteiger partial charge in [-0.15, -0.1) is 0 Å². The van der Waals surface area contributed by atoms with Crippen LogP contribution in [0.4, 0.5) is 0 Å². The first-order chi connectivity index (χ1) is 9.81. The van der Waals surface area contributed by atoms with E-state index in [-0.39, 0.29) is 0 Å². The first-order valence-corrected chi connectivity index (χ1v) is 9.32. The maximum absolute atomic E-state index is 6.43. The van der Waals surface area contributed by atoms with Crippen molar-refractivity contribution in [3.63, 3.8) is 0 Å². The van der Waals surface area contributed by atoms with Gasteiger partial charge in [-0.25, -0.2) is 0 Å². The lowest BCUT2D eigenvalue weighted by Gasteiger charge is -2.43. The van der Waals surface area contributed by atoms with Gasteiger partial charge in [0.1, 0.15) is 0 Å². The number of rotatable bonds is 7. The van der Waals surface area contributed by atoms with Gasteiger partial charge in [0.25, 0.3) is 0 Å². The van der Waals surface area contributed by atoms with E-state index in [1.165, 1.54) is 83.5 Å². The summed E-state index contributed by atoms with van der Waals surface area (Å²) in [7, 11) is 0. The van der Waals surface area contributed by atoms with Gasteiger partial charge in [-0.3, -0.25) is 4.90 Å². The van der Waals surface area contributed by atoms with Crippen molar-refractivity contribution in [3.05, 3.63) is 0 Å². The van der Waals surface area contributed by atoms with Crippen LogP contribution in [0.1, 0.15) is 90.4 Å². The Hall–Kier alpha value is -0.0800. The SMILES string of the molecule is CCCCC(N)CN(C1CCCCC1)C1CCCCC1. The lowest BCUT2D eigenvalue weighted by Crippen LogP contribution is -2.50. The molecular weight excluding hydrogens is 244 g/mol. The highest BCUT2D eigenvalue weighted by molar-refractivity contribution is 4.86. The van der Waals surface area contributed by atoms with Gasteiger partial charge in [0.15, 0.2) is 0 Å². The summed E-state index contributed by atoms with van der Waals surface area (Å²) < 4.78 is 0. The van der Waals surface area contributed by atoms with E-state index in [1.54, 1.807) is 0 Å². The summed E-state index contributed by atoms with van der Waals surface area (Å²) >= 11 is 0. The molecule has 0 spiro atoms. The minimum Gasteiger partial charge on any atom is -0.327 e. The van der Waals surface area contributed by atoms with Crippen LogP contribution in [0.15, 0.2) is 0 Å². The van der Waals surface area contributed by atoms with Gasteiger partial charge in [0.2, 0.25) is 0 Å². The molecule has 2 aliphatic rings. The van der Waals surface area contributed by atoms with Crippen LogP contribution in [0.2, 0.25) is 0 Å². The molecule has 2 rings (SSSR count). The van der Waals surface area contributed by atoms with E-state index >= 15 is 0 Å². The van der Waals surface area contributed by atoms with Gasteiger partial charge >= 0.3 is 0 Å². The smallest absolute Gasteiger partial charge is 0.0168 e. The summed E-state index contributed by atoms with van der Waals surface area (Å²) in [5, 5.41) is 0. The molecule has 2 nitrogen and oxygen atoms in total. The van der Waals surface area contributed by atoms with Crippen LogP contribution >= 0.6 is 0 Å². The Morgan fingerprint density at radius 1 is 0.900 bits per heavy atom. The topological polar surface area (TPSA) is 29.3 Å². The molecule has 0 heterocycles. The molecule has 0 aromatic rings. The lowest BCUT2D eigenvalue weighted by atomic mass is 9.88. The quantitative estimate of drug-likeness (QED) is 0.745. The largest absolute Gasteiger partial charge is 0.327 e. The summed E-state index contributed by atoms with van der Waals surface area (Å²) in [6.07, 6.45) is 18.2. The van der Waals surface area contributed by atoms with Crippen LogP contribution in [0.3, 0.4) is 0 Å². The molecule has 0 aromatic heterocycles. The summed E-state index contributed by atoms with van der Waals surface area (Å²) in [5.74, 6) is 0. The van der Waals surface area contributed by atoms with Gasteiger partial charge in [0.05, 0.1) is 0 Å². The average Bonchev–Trinajstić information content (AvgIpc) is 2.52. The highest BCUT2D eigenvalue weighted by atomic mass is 15.2. The third kappa shape index (κ3) is 5.04. The normalized spacial score (nSPS) is 24.1. The summed E-state index contributed by atoms with van der Waals surface area (Å²) in [4.78, 5) is 2.86. The summed E-state index contributed by atoms with van der Waals surface area (Å²) in [6, 6.07) is 2.10. The van der Waals surface area contributed by atoms with Crippen LogP contribution < -0.4 is 5.73 Å². The van der Waals surface area contributed by atoms with Crippen molar-refractivity contribution in [2.45, 2.75) is 109 Å².